The topological polar surface area (TPSA) is 78.7 Å². The normalized spacial score (nSPS) is 23.1. The molecule has 2 aromatic heterocycles. The van der Waals surface area contributed by atoms with Crippen LogP contribution in [-0.4, -0.2) is 52.3 Å². The molecule has 2 aromatic rings. The first-order chi connectivity index (χ1) is 14.1. The number of rotatable bonds is 5. The Hall–Kier alpha value is -2.67. The van der Waals surface area contributed by atoms with E-state index in [1.807, 2.05) is 42.2 Å². The lowest BCUT2D eigenvalue weighted by Crippen LogP contribution is -2.56. The first-order valence-corrected chi connectivity index (χ1v) is 10.4. The summed E-state index contributed by atoms with van der Waals surface area (Å²) in [6, 6.07) is 9.20. The molecule has 0 aliphatic carbocycles. The Bertz CT molecular complexity index is 851. The van der Waals surface area contributed by atoms with Crippen molar-refractivity contribution in [3.8, 4) is 0 Å². The Kier molecular flexibility index (Phi) is 5.94. The lowest BCUT2D eigenvalue weighted by molar-refractivity contribution is -0.141. The van der Waals surface area contributed by atoms with E-state index in [-0.39, 0.29) is 24.3 Å². The van der Waals surface area contributed by atoms with Crippen molar-refractivity contribution in [3.63, 3.8) is 0 Å². The minimum absolute atomic E-state index is 0.00900. The second-order valence-corrected chi connectivity index (χ2v) is 7.85. The maximum Gasteiger partial charge on any atom is 0.237 e. The van der Waals surface area contributed by atoms with Crippen molar-refractivity contribution in [2.45, 2.75) is 51.2 Å². The molecule has 1 N–H and O–H groups in total. The third-order valence-electron chi connectivity index (χ3n) is 5.82. The molecular weight excluding hydrogens is 368 g/mol. The molecule has 0 spiro atoms. The molecular formula is C22H28N4O3. The summed E-state index contributed by atoms with van der Waals surface area (Å²) in [4.78, 5) is 34.3. The van der Waals surface area contributed by atoms with Crippen LogP contribution in [0.1, 0.15) is 48.9 Å². The molecule has 2 aliphatic heterocycles. The monoisotopic (exact) mass is 396 g/mol. The number of hydrogen-bond donors (Lipinski definition) is 1. The molecule has 2 atom stereocenters. The SMILES string of the molecule is Cc1ccc(CN2CCNC(=O)[C@@H]2CC(=O)N2CCCC[C@@H]2c2ccccn2)o1. The molecule has 4 rings (SSSR count). The van der Waals surface area contributed by atoms with Gasteiger partial charge in [-0.15, -0.1) is 0 Å². The maximum absolute atomic E-state index is 13.3. The lowest BCUT2D eigenvalue weighted by Gasteiger charge is -2.38. The number of nitrogens with one attached hydrogen (secondary N) is 1. The van der Waals surface area contributed by atoms with Gasteiger partial charge in [0.1, 0.15) is 11.5 Å². The van der Waals surface area contributed by atoms with Crippen molar-refractivity contribution in [1.82, 2.24) is 20.1 Å². The predicted molar refractivity (Wildman–Crippen MR) is 108 cm³/mol. The molecule has 7 heteroatoms. The van der Waals surface area contributed by atoms with Gasteiger partial charge in [0, 0.05) is 25.8 Å². The van der Waals surface area contributed by atoms with E-state index in [2.05, 4.69) is 15.2 Å². The number of nitrogens with zero attached hydrogens (tertiary/aromatic N) is 3. The molecule has 29 heavy (non-hydrogen) atoms. The quantitative estimate of drug-likeness (QED) is 0.840. The summed E-state index contributed by atoms with van der Waals surface area (Å²) in [5.41, 5.74) is 0.927. The van der Waals surface area contributed by atoms with Gasteiger partial charge in [-0.25, -0.2) is 0 Å². The van der Waals surface area contributed by atoms with Crippen molar-refractivity contribution in [2.75, 3.05) is 19.6 Å². The van der Waals surface area contributed by atoms with Crippen molar-refractivity contribution in [2.24, 2.45) is 0 Å². The van der Waals surface area contributed by atoms with E-state index in [0.717, 1.165) is 36.5 Å². The van der Waals surface area contributed by atoms with Gasteiger partial charge < -0.3 is 14.6 Å². The Morgan fingerprint density at radius 3 is 2.90 bits per heavy atom. The molecule has 4 heterocycles. The Morgan fingerprint density at radius 2 is 2.14 bits per heavy atom. The average molecular weight is 396 g/mol. The molecule has 0 aromatic carbocycles. The molecule has 2 saturated heterocycles. The molecule has 7 nitrogen and oxygen atoms in total. The number of pyridine rings is 1. The van der Waals surface area contributed by atoms with Gasteiger partial charge in [-0.05, 0) is 50.5 Å². The van der Waals surface area contributed by atoms with Gasteiger partial charge in [0.2, 0.25) is 11.8 Å². The van der Waals surface area contributed by atoms with Crippen molar-refractivity contribution < 1.29 is 14.0 Å². The van der Waals surface area contributed by atoms with E-state index in [1.54, 1.807) is 6.20 Å². The molecule has 0 bridgehead atoms. The van der Waals surface area contributed by atoms with Crippen molar-refractivity contribution in [3.05, 3.63) is 53.7 Å². The summed E-state index contributed by atoms with van der Waals surface area (Å²) in [5.74, 6) is 1.60. The Labute approximate surface area is 171 Å². The van der Waals surface area contributed by atoms with Gasteiger partial charge in [0.05, 0.1) is 30.7 Å². The number of carbonyl (C=O) groups is 2. The van der Waals surface area contributed by atoms with Crippen LogP contribution in [0.15, 0.2) is 40.9 Å². The first kappa shape index (κ1) is 19.6. The van der Waals surface area contributed by atoms with Gasteiger partial charge in [0.15, 0.2) is 0 Å². The smallest absolute Gasteiger partial charge is 0.237 e. The number of piperazine rings is 1. The Balaban J connectivity index is 1.48. The molecule has 2 fully saturated rings. The largest absolute Gasteiger partial charge is 0.465 e. The summed E-state index contributed by atoms with van der Waals surface area (Å²) in [7, 11) is 0. The zero-order valence-electron chi connectivity index (χ0n) is 16.8. The highest BCUT2D eigenvalue weighted by Crippen LogP contribution is 2.30. The fraction of sp³-hybridized carbons (Fsp3) is 0.500. The number of furan rings is 1. The molecule has 0 unspecified atom stereocenters. The van der Waals surface area contributed by atoms with Gasteiger partial charge in [0.25, 0.3) is 0 Å². The van der Waals surface area contributed by atoms with Gasteiger partial charge in [-0.3, -0.25) is 19.5 Å². The fourth-order valence-electron chi connectivity index (χ4n) is 4.34. The second-order valence-electron chi connectivity index (χ2n) is 7.85. The van der Waals surface area contributed by atoms with Gasteiger partial charge in [-0.1, -0.05) is 6.07 Å². The van der Waals surface area contributed by atoms with E-state index >= 15 is 0 Å². The van der Waals surface area contributed by atoms with Crippen LogP contribution in [0.25, 0.3) is 0 Å². The minimum Gasteiger partial charge on any atom is -0.465 e. The van der Waals surface area contributed by atoms with Gasteiger partial charge >= 0.3 is 0 Å². The fourth-order valence-corrected chi connectivity index (χ4v) is 4.34. The highest BCUT2D eigenvalue weighted by atomic mass is 16.3. The number of hydrogen-bond acceptors (Lipinski definition) is 5. The number of piperidine rings is 1. The zero-order valence-corrected chi connectivity index (χ0v) is 16.8. The molecule has 154 valence electrons. The second kappa shape index (κ2) is 8.78. The van der Waals surface area contributed by atoms with Crippen LogP contribution in [0.4, 0.5) is 0 Å². The standard InChI is InChI=1S/C22H28N4O3/c1-16-8-9-17(29-16)15-25-13-11-24-22(28)20(25)14-21(27)26-12-5-3-7-19(26)18-6-2-4-10-23-18/h2,4,6,8-10,19-20H,3,5,7,11-15H2,1H3,(H,24,28)/t19-,20+/m1/s1. The van der Waals surface area contributed by atoms with E-state index in [4.69, 9.17) is 4.42 Å². The van der Waals surface area contributed by atoms with E-state index in [0.29, 0.717) is 26.2 Å². The number of carbonyl (C=O) groups excluding carboxylic acids is 2. The summed E-state index contributed by atoms with van der Waals surface area (Å²) in [5, 5.41) is 2.91. The number of amides is 2. The third-order valence-corrected chi connectivity index (χ3v) is 5.82. The van der Waals surface area contributed by atoms with Crippen molar-refractivity contribution in [1.29, 1.82) is 0 Å². The average Bonchev–Trinajstić information content (AvgIpc) is 3.16. The molecule has 0 radical (unpaired) electrons. The minimum atomic E-state index is -0.479. The van der Waals surface area contributed by atoms with E-state index < -0.39 is 6.04 Å². The highest BCUT2D eigenvalue weighted by molar-refractivity contribution is 5.89. The van der Waals surface area contributed by atoms with Crippen LogP contribution < -0.4 is 5.32 Å². The number of aryl methyl sites for hydroxylation is 1. The van der Waals surface area contributed by atoms with E-state index in [1.165, 1.54) is 0 Å². The molecule has 2 aliphatic rings. The summed E-state index contributed by atoms with van der Waals surface area (Å²) in [6.45, 7) is 4.44. The van der Waals surface area contributed by atoms with Crippen LogP contribution in [0.3, 0.4) is 0 Å². The predicted octanol–water partition coefficient (Wildman–Crippen LogP) is 2.43. The molecule has 0 saturated carbocycles. The van der Waals surface area contributed by atoms with Crippen LogP contribution in [0.5, 0.6) is 0 Å². The van der Waals surface area contributed by atoms with Crippen LogP contribution >= 0.6 is 0 Å². The molecule has 2 amide bonds. The third kappa shape index (κ3) is 4.50. The lowest BCUT2D eigenvalue weighted by atomic mass is 9.97. The number of likely N-dealkylation sites (tertiary alicyclic amines) is 1. The highest BCUT2D eigenvalue weighted by Gasteiger charge is 2.36. The van der Waals surface area contributed by atoms with E-state index in [9.17, 15) is 9.59 Å². The van der Waals surface area contributed by atoms with Crippen LogP contribution in [0, 0.1) is 6.92 Å². The summed E-state index contributed by atoms with van der Waals surface area (Å²) >= 11 is 0. The zero-order chi connectivity index (χ0) is 20.2. The van der Waals surface area contributed by atoms with Crippen molar-refractivity contribution >= 4 is 11.8 Å². The summed E-state index contributed by atoms with van der Waals surface area (Å²) in [6.07, 6.45) is 4.93. The summed E-state index contributed by atoms with van der Waals surface area (Å²) < 4.78 is 5.69. The van der Waals surface area contributed by atoms with Crippen LogP contribution in [-0.2, 0) is 16.1 Å². The first-order valence-electron chi connectivity index (χ1n) is 10.4. The number of aromatic nitrogens is 1. The van der Waals surface area contributed by atoms with Crippen LogP contribution in [0.2, 0.25) is 0 Å². The maximum atomic E-state index is 13.3. The Morgan fingerprint density at radius 1 is 1.24 bits per heavy atom. The van der Waals surface area contributed by atoms with Gasteiger partial charge in [-0.2, -0.15) is 0 Å².